The molecule has 0 atom stereocenters. The van der Waals surface area contributed by atoms with E-state index >= 15 is 0 Å². The predicted molar refractivity (Wildman–Crippen MR) is 64.3 cm³/mol. The molecule has 3 nitrogen and oxygen atoms in total. The molecule has 2 aromatic rings. The minimum atomic E-state index is -4.33. The summed E-state index contributed by atoms with van der Waals surface area (Å²) in [4.78, 5) is 0. The molecule has 0 saturated heterocycles. The molecule has 19 heavy (non-hydrogen) atoms. The Bertz CT molecular complexity index is 532. The number of hydrogen-bond acceptors (Lipinski definition) is 3. The second-order valence-corrected chi connectivity index (χ2v) is 4.04. The molecular formula is C13H13F3N2O. The van der Waals surface area contributed by atoms with Crippen molar-refractivity contribution in [2.24, 2.45) is 0 Å². The Labute approximate surface area is 108 Å². The van der Waals surface area contributed by atoms with E-state index < -0.39 is 11.7 Å². The highest BCUT2D eigenvalue weighted by Crippen LogP contribution is 2.31. The normalized spacial score (nSPS) is 11.8. The van der Waals surface area contributed by atoms with E-state index in [1.165, 1.54) is 12.1 Å². The molecule has 1 aromatic carbocycles. The molecule has 2 rings (SSSR count). The first-order valence-electron chi connectivity index (χ1n) is 5.84. The van der Waals surface area contributed by atoms with Gasteiger partial charge >= 0.3 is 6.18 Å². The molecule has 0 unspecified atom stereocenters. The first-order valence-corrected chi connectivity index (χ1v) is 5.84. The Hall–Kier alpha value is -1.82. The van der Waals surface area contributed by atoms with E-state index in [1.54, 1.807) is 6.20 Å². The number of nitrogens with zero attached hydrogens (tertiary/aromatic N) is 1. The van der Waals surface area contributed by atoms with Gasteiger partial charge in [0.1, 0.15) is 0 Å². The zero-order valence-corrected chi connectivity index (χ0v) is 10.3. The summed E-state index contributed by atoms with van der Waals surface area (Å²) >= 11 is 0. The first kappa shape index (κ1) is 13.6. The summed E-state index contributed by atoms with van der Waals surface area (Å²) in [5.41, 5.74) is 0.726. The second kappa shape index (κ2) is 5.44. The molecule has 6 heteroatoms. The van der Waals surface area contributed by atoms with Crippen LogP contribution in [-0.4, -0.2) is 11.7 Å². The highest BCUT2D eigenvalue weighted by molar-refractivity contribution is 5.61. The zero-order valence-electron chi connectivity index (χ0n) is 10.3. The van der Waals surface area contributed by atoms with Crippen LogP contribution in [0.3, 0.4) is 0 Å². The number of rotatable bonds is 4. The zero-order chi connectivity index (χ0) is 13.9. The van der Waals surface area contributed by atoms with Crippen molar-refractivity contribution >= 4 is 0 Å². The van der Waals surface area contributed by atoms with Gasteiger partial charge in [-0.1, -0.05) is 24.2 Å². The fourth-order valence-corrected chi connectivity index (χ4v) is 1.69. The molecule has 1 N–H and O–H groups in total. The van der Waals surface area contributed by atoms with E-state index in [9.17, 15) is 13.2 Å². The molecule has 0 aliphatic carbocycles. The number of alkyl halides is 3. The largest absolute Gasteiger partial charge is 0.416 e. The van der Waals surface area contributed by atoms with Gasteiger partial charge in [0.2, 0.25) is 0 Å². The maximum Gasteiger partial charge on any atom is 0.416 e. The van der Waals surface area contributed by atoms with Crippen LogP contribution < -0.4 is 5.32 Å². The van der Waals surface area contributed by atoms with Crippen LogP contribution in [0, 0.1) is 0 Å². The summed E-state index contributed by atoms with van der Waals surface area (Å²) in [6.45, 7) is 3.32. The van der Waals surface area contributed by atoms with Gasteiger partial charge in [-0.2, -0.15) is 13.2 Å². The molecule has 1 heterocycles. The Balaban J connectivity index is 2.25. The summed E-state index contributed by atoms with van der Waals surface area (Å²) in [5.74, 6) is 0.495. The molecule has 0 amide bonds. The van der Waals surface area contributed by atoms with E-state index in [-0.39, 0.29) is 0 Å². The van der Waals surface area contributed by atoms with Gasteiger partial charge in [-0.15, -0.1) is 0 Å². The lowest BCUT2D eigenvalue weighted by Crippen LogP contribution is -2.11. The minimum Gasteiger partial charge on any atom is -0.356 e. The van der Waals surface area contributed by atoms with Crippen molar-refractivity contribution in [3.05, 3.63) is 41.6 Å². The average molecular weight is 270 g/mol. The third-order valence-corrected chi connectivity index (χ3v) is 2.68. The van der Waals surface area contributed by atoms with Gasteiger partial charge < -0.3 is 9.84 Å². The molecule has 0 saturated carbocycles. The lowest BCUT2D eigenvalue weighted by Gasteiger charge is -2.07. The Morgan fingerprint density at radius 3 is 2.47 bits per heavy atom. The predicted octanol–water partition coefficient (Wildman–Crippen LogP) is 3.47. The summed E-state index contributed by atoms with van der Waals surface area (Å²) in [6, 6.07) is 4.85. The molecular weight excluding hydrogens is 257 g/mol. The number of aromatic nitrogens is 1. The maximum absolute atomic E-state index is 12.5. The third-order valence-electron chi connectivity index (χ3n) is 2.68. The van der Waals surface area contributed by atoms with Gasteiger partial charge in [0.15, 0.2) is 5.76 Å². The standard InChI is InChI=1S/C13H13F3N2O/c1-2-17-7-10-8-18-19-12(10)9-3-5-11(6-4-9)13(14,15)16/h3-6,8,17H,2,7H2,1H3. The van der Waals surface area contributed by atoms with Gasteiger partial charge in [0.25, 0.3) is 0 Å². The van der Waals surface area contributed by atoms with Crippen LogP contribution in [0.5, 0.6) is 0 Å². The number of halogens is 3. The van der Waals surface area contributed by atoms with Crippen LogP contribution in [0.4, 0.5) is 13.2 Å². The third kappa shape index (κ3) is 3.14. The summed E-state index contributed by atoms with van der Waals surface area (Å²) in [6.07, 6.45) is -2.76. The van der Waals surface area contributed by atoms with Gasteiger partial charge in [0, 0.05) is 17.7 Å². The van der Waals surface area contributed by atoms with E-state index in [0.717, 1.165) is 24.2 Å². The first-order chi connectivity index (χ1) is 9.02. The van der Waals surface area contributed by atoms with Crippen LogP contribution in [-0.2, 0) is 12.7 Å². The smallest absolute Gasteiger partial charge is 0.356 e. The Morgan fingerprint density at radius 2 is 1.89 bits per heavy atom. The van der Waals surface area contributed by atoms with E-state index in [0.29, 0.717) is 17.9 Å². The van der Waals surface area contributed by atoms with E-state index in [4.69, 9.17) is 4.52 Å². The topological polar surface area (TPSA) is 38.1 Å². The van der Waals surface area contributed by atoms with Crippen molar-refractivity contribution in [3.8, 4) is 11.3 Å². The van der Waals surface area contributed by atoms with E-state index in [1.807, 2.05) is 6.92 Å². The van der Waals surface area contributed by atoms with Crippen LogP contribution in [0.2, 0.25) is 0 Å². The summed E-state index contributed by atoms with van der Waals surface area (Å²) < 4.78 is 42.5. The Morgan fingerprint density at radius 1 is 1.21 bits per heavy atom. The van der Waals surface area contributed by atoms with Crippen molar-refractivity contribution in [1.29, 1.82) is 0 Å². The number of nitrogens with one attached hydrogen (secondary N) is 1. The highest BCUT2D eigenvalue weighted by atomic mass is 19.4. The van der Waals surface area contributed by atoms with Gasteiger partial charge in [0.05, 0.1) is 11.8 Å². The fourth-order valence-electron chi connectivity index (χ4n) is 1.69. The monoisotopic (exact) mass is 270 g/mol. The SMILES string of the molecule is CCNCc1cnoc1-c1ccc(C(F)(F)F)cc1. The lowest BCUT2D eigenvalue weighted by molar-refractivity contribution is -0.137. The van der Waals surface area contributed by atoms with Crippen LogP contribution in [0.25, 0.3) is 11.3 Å². The molecule has 0 bridgehead atoms. The molecule has 0 fully saturated rings. The molecule has 0 aliphatic rings. The minimum absolute atomic E-state index is 0.495. The van der Waals surface area contributed by atoms with Crippen molar-refractivity contribution in [1.82, 2.24) is 10.5 Å². The Kier molecular flexibility index (Phi) is 3.90. The quantitative estimate of drug-likeness (QED) is 0.924. The number of benzene rings is 1. The van der Waals surface area contributed by atoms with Crippen molar-refractivity contribution in [2.75, 3.05) is 6.54 Å². The molecule has 1 aromatic heterocycles. The molecule has 0 spiro atoms. The van der Waals surface area contributed by atoms with Crippen LogP contribution in [0.15, 0.2) is 35.0 Å². The highest BCUT2D eigenvalue weighted by Gasteiger charge is 2.30. The van der Waals surface area contributed by atoms with Gasteiger partial charge in [-0.05, 0) is 18.7 Å². The van der Waals surface area contributed by atoms with Crippen molar-refractivity contribution in [3.63, 3.8) is 0 Å². The fraction of sp³-hybridized carbons (Fsp3) is 0.308. The lowest BCUT2D eigenvalue weighted by atomic mass is 10.1. The van der Waals surface area contributed by atoms with Gasteiger partial charge in [-0.25, -0.2) is 0 Å². The average Bonchev–Trinajstić information content (AvgIpc) is 2.83. The van der Waals surface area contributed by atoms with Crippen LogP contribution in [0.1, 0.15) is 18.1 Å². The van der Waals surface area contributed by atoms with Crippen molar-refractivity contribution in [2.45, 2.75) is 19.6 Å². The van der Waals surface area contributed by atoms with Gasteiger partial charge in [-0.3, -0.25) is 0 Å². The summed E-state index contributed by atoms with van der Waals surface area (Å²) in [5, 5.41) is 6.80. The molecule has 0 radical (unpaired) electrons. The summed E-state index contributed by atoms with van der Waals surface area (Å²) in [7, 11) is 0. The van der Waals surface area contributed by atoms with Crippen molar-refractivity contribution < 1.29 is 17.7 Å². The second-order valence-electron chi connectivity index (χ2n) is 4.04. The van der Waals surface area contributed by atoms with Crippen LogP contribution >= 0.6 is 0 Å². The molecule has 0 aliphatic heterocycles. The molecule has 102 valence electrons. The number of hydrogen-bond donors (Lipinski definition) is 1. The van der Waals surface area contributed by atoms with E-state index in [2.05, 4.69) is 10.5 Å². The maximum atomic E-state index is 12.5.